The van der Waals surface area contributed by atoms with Gasteiger partial charge in [-0.15, -0.1) is 10.2 Å². The van der Waals surface area contributed by atoms with Crippen molar-refractivity contribution in [3.8, 4) is 17.1 Å². The number of hydrogen-bond donors (Lipinski definition) is 1. The quantitative estimate of drug-likeness (QED) is 0.431. The molecule has 0 saturated carbocycles. The second kappa shape index (κ2) is 9.02. The fourth-order valence-corrected chi connectivity index (χ4v) is 3.69. The molecule has 1 N–H and O–H groups in total. The molecule has 170 valence electrons. The first-order valence-electron chi connectivity index (χ1n) is 11.1. The number of nitrogens with zero attached hydrogens (tertiary/aromatic N) is 4. The number of aryl methyl sites for hydroxylation is 2. The Morgan fingerprint density at radius 2 is 1.70 bits per heavy atom. The van der Waals surface area contributed by atoms with Gasteiger partial charge in [-0.2, -0.15) is 5.10 Å². The number of anilines is 1. The molecular formula is C26H29N5O2. The van der Waals surface area contributed by atoms with Crippen LogP contribution in [0.1, 0.15) is 49.9 Å². The van der Waals surface area contributed by atoms with Crippen LogP contribution in [0, 0.1) is 13.8 Å². The van der Waals surface area contributed by atoms with Crippen LogP contribution in [0.25, 0.3) is 17.1 Å². The molecule has 2 aromatic carbocycles. The van der Waals surface area contributed by atoms with Crippen molar-refractivity contribution in [1.29, 1.82) is 0 Å². The molecule has 33 heavy (non-hydrogen) atoms. The summed E-state index contributed by atoms with van der Waals surface area (Å²) in [6.45, 7) is 10.4. The zero-order chi connectivity index (χ0) is 23.6. The van der Waals surface area contributed by atoms with Gasteiger partial charge in [0.25, 0.3) is 0 Å². The number of aromatic nitrogens is 4. The topological polar surface area (TPSA) is 85.8 Å². The normalized spacial score (nSPS) is 11.5. The summed E-state index contributed by atoms with van der Waals surface area (Å²) in [4.78, 5) is 12.9. The lowest BCUT2D eigenvalue weighted by molar-refractivity contribution is -0.116. The number of hydrogen-bond acceptors (Lipinski definition) is 5. The van der Waals surface area contributed by atoms with E-state index in [2.05, 4.69) is 36.3 Å². The summed E-state index contributed by atoms with van der Waals surface area (Å²) in [7, 11) is 0. The summed E-state index contributed by atoms with van der Waals surface area (Å²) < 4.78 is 7.56. The van der Waals surface area contributed by atoms with Crippen LogP contribution in [0.4, 0.5) is 5.82 Å². The first kappa shape index (κ1) is 22.5. The summed E-state index contributed by atoms with van der Waals surface area (Å²) in [6.07, 6.45) is 0.579. The van der Waals surface area contributed by atoms with Crippen molar-refractivity contribution in [3.63, 3.8) is 0 Å². The first-order chi connectivity index (χ1) is 15.7. The number of benzene rings is 2. The Morgan fingerprint density at radius 1 is 1.00 bits per heavy atom. The molecule has 7 heteroatoms. The second-order valence-electron chi connectivity index (χ2n) is 9.23. The molecule has 4 rings (SSSR count). The maximum Gasteiger partial charge on any atom is 0.247 e. The summed E-state index contributed by atoms with van der Waals surface area (Å²) in [5.41, 5.74) is 4.67. The Hall–Kier alpha value is -3.74. The summed E-state index contributed by atoms with van der Waals surface area (Å²) in [6, 6.07) is 17.7. The molecule has 0 radical (unpaired) electrons. The maximum atomic E-state index is 12.9. The van der Waals surface area contributed by atoms with Gasteiger partial charge >= 0.3 is 0 Å². The van der Waals surface area contributed by atoms with E-state index in [1.165, 1.54) is 0 Å². The van der Waals surface area contributed by atoms with Crippen LogP contribution in [0.15, 0.2) is 59.0 Å². The average Bonchev–Trinajstić information content (AvgIpc) is 3.38. The Morgan fingerprint density at radius 3 is 2.36 bits per heavy atom. The summed E-state index contributed by atoms with van der Waals surface area (Å²) in [5, 5.41) is 16.1. The number of carbonyl (C=O) groups excluding carboxylic acids is 1. The van der Waals surface area contributed by atoms with E-state index in [1.54, 1.807) is 4.68 Å². The van der Waals surface area contributed by atoms with Crippen molar-refractivity contribution in [2.75, 3.05) is 5.32 Å². The fraction of sp³-hybridized carbons (Fsp3) is 0.308. The summed E-state index contributed by atoms with van der Waals surface area (Å²) in [5.74, 6) is 1.44. The van der Waals surface area contributed by atoms with Crippen LogP contribution in [0.5, 0.6) is 0 Å². The molecule has 4 aromatic rings. The van der Waals surface area contributed by atoms with E-state index < -0.39 is 0 Å². The Kier molecular flexibility index (Phi) is 6.14. The minimum Gasteiger partial charge on any atom is -0.421 e. The molecule has 0 aliphatic carbocycles. The van der Waals surface area contributed by atoms with Crippen LogP contribution >= 0.6 is 0 Å². The fourth-order valence-electron chi connectivity index (χ4n) is 3.69. The zero-order valence-electron chi connectivity index (χ0n) is 19.7. The number of para-hydroxylation sites is 1. The first-order valence-corrected chi connectivity index (χ1v) is 11.1. The lowest BCUT2D eigenvalue weighted by atomic mass is 9.90. The van der Waals surface area contributed by atoms with Crippen molar-refractivity contribution < 1.29 is 9.21 Å². The van der Waals surface area contributed by atoms with E-state index in [9.17, 15) is 4.79 Å². The third-order valence-corrected chi connectivity index (χ3v) is 5.42. The molecule has 0 spiro atoms. The molecule has 7 nitrogen and oxygen atoms in total. The van der Waals surface area contributed by atoms with Crippen molar-refractivity contribution in [1.82, 2.24) is 20.0 Å². The monoisotopic (exact) mass is 443 g/mol. The van der Waals surface area contributed by atoms with Gasteiger partial charge in [-0.05, 0) is 38.1 Å². The van der Waals surface area contributed by atoms with Gasteiger partial charge < -0.3 is 9.73 Å². The molecular weight excluding hydrogens is 414 g/mol. The number of amides is 1. The Bertz CT molecular complexity index is 1250. The van der Waals surface area contributed by atoms with Crippen molar-refractivity contribution >= 4 is 11.7 Å². The van der Waals surface area contributed by atoms with E-state index in [-0.39, 0.29) is 17.7 Å². The molecule has 2 aromatic heterocycles. The SMILES string of the molecule is Cc1ccc(-c2nnc(CCC(=O)Nc3c(C)c(C(C)(C)C)nn3-c3ccccc3)o2)cc1. The van der Waals surface area contributed by atoms with Gasteiger partial charge in [-0.3, -0.25) is 4.79 Å². The molecule has 0 fully saturated rings. The van der Waals surface area contributed by atoms with Crippen molar-refractivity contribution in [2.45, 2.75) is 52.9 Å². The van der Waals surface area contributed by atoms with E-state index in [1.807, 2.05) is 68.4 Å². The highest BCUT2D eigenvalue weighted by Gasteiger charge is 2.26. The third-order valence-electron chi connectivity index (χ3n) is 5.42. The van der Waals surface area contributed by atoms with Gasteiger partial charge in [-0.1, -0.05) is 56.7 Å². The second-order valence-corrected chi connectivity index (χ2v) is 9.23. The van der Waals surface area contributed by atoms with Gasteiger partial charge in [-0.25, -0.2) is 4.68 Å². The smallest absolute Gasteiger partial charge is 0.247 e. The largest absolute Gasteiger partial charge is 0.421 e. The Labute approximate surface area is 193 Å². The predicted octanol–water partition coefficient (Wildman–Crippen LogP) is 5.41. The van der Waals surface area contributed by atoms with Crippen molar-refractivity contribution in [2.24, 2.45) is 0 Å². The third kappa shape index (κ3) is 5.03. The van der Waals surface area contributed by atoms with Crippen LogP contribution in [-0.4, -0.2) is 25.9 Å². The molecule has 0 unspecified atom stereocenters. The van der Waals surface area contributed by atoms with E-state index >= 15 is 0 Å². The predicted molar refractivity (Wildman–Crippen MR) is 128 cm³/mol. The number of nitrogens with one attached hydrogen (secondary N) is 1. The molecule has 0 aliphatic rings. The molecule has 2 heterocycles. The zero-order valence-corrected chi connectivity index (χ0v) is 19.7. The van der Waals surface area contributed by atoms with Gasteiger partial charge in [0.15, 0.2) is 0 Å². The highest BCUT2D eigenvalue weighted by atomic mass is 16.4. The van der Waals surface area contributed by atoms with Gasteiger partial charge in [0.2, 0.25) is 17.7 Å². The van der Waals surface area contributed by atoms with Crippen molar-refractivity contribution in [3.05, 3.63) is 77.3 Å². The van der Waals surface area contributed by atoms with Gasteiger partial charge in [0, 0.05) is 29.4 Å². The van der Waals surface area contributed by atoms with Crippen LogP contribution in [0.2, 0.25) is 0 Å². The van der Waals surface area contributed by atoms with Gasteiger partial charge in [0.1, 0.15) is 5.82 Å². The van der Waals surface area contributed by atoms with E-state index in [4.69, 9.17) is 9.52 Å². The highest BCUT2D eigenvalue weighted by Crippen LogP contribution is 2.31. The Balaban J connectivity index is 1.50. The molecule has 0 bridgehead atoms. The van der Waals surface area contributed by atoms with Gasteiger partial charge in [0.05, 0.1) is 11.4 Å². The molecule has 0 saturated heterocycles. The molecule has 0 atom stereocenters. The number of rotatable bonds is 6. The standard InChI is InChI=1S/C26H29N5O2/c1-17-11-13-19(14-12-17)25-29-28-22(33-25)16-15-21(32)27-24-18(2)23(26(3,4)5)30-31(24)20-9-7-6-8-10-20/h6-14H,15-16H2,1-5H3,(H,27,32). The lowest BCUT2D eigenvalue weighted by Gasteiger charge is -2.16. The highest BCUT2D eigenvalue weighted by molar-refractivity contribution is 5.91. The van der Waals surface area contributed by atoms with Crippen LogP contribution < -0.4 is 5.32 Å². The minimum absolute atomic E-state index is 0.134. The van der Waals surface area contributed by atoms with Crippen LogP contribution in [-0.2, 0) is 16.6 Å². The molecule has 0 aliphatic heterocycles. The van der Waals surface area contributed by atoms with E-state index in [0.29, 0.717) is 24.0 Å². The minimum atomic E-state index is -0.153. The number of carbonyl (C=O) groups is 1. The van der Waals surface area contributed by atoms with Crippen LogP contribution in [0.3, 0.4) is 0 Å². The lowest BCUT2D eigenvalue weighted by Crippen LogP contribution is -2.16. The maximum absolute atomic E-state index is 12.9. The van der Waals surface area contributed by atoms with E-state index in [0.717, 1.165) is 28.1 Å². The molecule has 1 amide bonds. The summed E-state index contributed by atoms with van der Waals surface area (Å²) >= 11 is 0. The average molecular weight is 444 g/mol.